The Kier molecular flexibility index (Phi) is 4.96. The van der Waals surface area contributed by atoms with E-state index < -0.39 is 35.5 Å². The standard InChI is InChI=1S/C12H15F3N2O3/c1-6(18)17-5-10(19)11(20)7-2-3-8(9(16)4-7)12(13,14)15/h2-4,10-11,19-20H,5,16H2,1H3,(H,17,18). The predicted molar refractivity (Wildman–Crippen MR) is 65.5 cm³/mol. The van der Waals surface area contributed by atoms with Gasteiger partial charge in [0, 0.05) is 19.2 Å². The van der Waals surface area contributed by atoms with Crippen LogP contribution in [0, 0.1) is 0 Å². The number of carbonyl (C=O) groups excluding carboxylic acids is 1. The van der Waals surface area contributed by atoms with E-state index in [0.29, 0.717) is 0 Å². The fourth-order valence-corrected chi connectivity index (χ4v) is 1.61. The molecule has 20 heavy (non-hydrogen) atoms. The van der Waals surface area contributed by atoms with E-state index in [0.717, 1.165) is 18.2 Å². The molecular weight excluding hydrogens is 277 g/mol. The first-order valence-electron chi connectivity index (χ1n) is 5.70. The van der Waals surface area contributed by atoms with Crippen molar-refractivity contribution >= 4 is 11.6 Å². The van der Waals surface area contributed by atoms with Gasteiger partial charge < -0.3 is 21.3 Å². The highest BCUT2D eigenvalue weighted by molar-refractivity contribution is 5.72. The number of aliphatic hydroxyl groups is 2. The van der Waals surface area contributed by atoms with Crippen LogP contribution in [0.25, 0.3) is 0 Å². The molecule has 0 radical (unpaired) electrons. The zero-order valence-corrected chi connectivity index (χ0v) is 10.6. The van der Waals surface area contributed by atoms with Gasteiger partial charge in [0.05, 0.1) is 5.56 Å². The summed E-state index contributed by atoms with van der Waals surface area (Å²) < 4.78 is 37.5. The van der Waals surface area contributed by atoms with Gasteiger partial charge in [-0.3, -0.25) is 4.79 Å². The smallest absolute Gasteiger partial charge is 0.398 e. The zero-order valence-electron chi connectivity index (χ0n) is 10.6. The van der Waals surface area contributed by atoms with Gasteiger partial charge in [-0.15, -0.1) is 0 Å². The molecule has 1 aromatic rings. The van der Waals surface area contributed by atoms with Gasteiger partial charge in [-0.2, -0.15) is 13.2 Å². The van der Waals surface area contributed by atoms with Crippen molar-refractivity contribution in [1.29, 1.82) is 0 Å². The fraction of sp³-hybridized carbons (Fsp3) is 0.417. The Hall–Kier alpha value is -1.80. The van der Waals surface area contributed by atoms with E-state index >= 15 is 0 Å². The second kappa shape index (κ2) is 6.10. The van der Waals surface area contributed by atoms with E-state index in [9.17, 15) is 28.2 Å². The molecule has 8 heteroatoms. The summed E-state index contributed by atoms with van der Waals surface area (Å²) in [5, 5.41) is 21.7. The molecule has 0 heterocycles. The van der Waals surface area contributed by atoms with Crippen LogP contribution in [0.4, 0.5) is 18.9 Å². The van der Waals surface area contributed by atoms with Crippen LogP contribution < -0.4 is 11.1 Å². The summed E-state index contributed by atoms with van der Waals surface area (Å²) in [6.45, 7) is 1.01. The van der Waals surface area contributed by atoms with Crippen molar-refractivity contribution in [2.75, 3.05) is 12.3 Å². The molecule has 112 valence electrons. The topological polar surface area (TPSA) is 95.6 Å². The minimum absolute atomic E-state index is 0.0355. The van der Waals surface area contributed by atoms with Crippen LogP contribution >= 0.6 is 0 Å². The highest BCUT2D eigenvalue weighted by Crippen LogP contribution is 2.34. The number of alkyl halides is 3. The summed E-state index contributed by atoms with van der Waals surface area (Å²) in [7, 11) is 0. The third kappa shape index (κ3) is 4.10. The van der Waals surface area contributed by atoms with E-state index in [-0.39, 0.29) is 12.1 Å². The quantitative estimate of drug-likeness (QED) is 0.618. The van der Waals surface area contributed by atoms with Gasteiger partial charge in [-0.1, -0.05) is 6.07 Å². The average molecular weight is 292 g/mol. The number of nitrogen functional groups attached to an aromatic ring is 1. The number of hydrogen-bond donors (Lipinski definition) is 4. The first kappa shape index (κ1) is 16.3. The molecule has 0 aromatic heterocycles. The molecule has 5 N–H and O–H groups in total. The maximum absolute atomic E-state index is 12.5. The third-order valence-electron chi connectivity index (χ3n) is 2.65. The Balaban J connectivity index is 2.87. The molecule has 0 bridgehead atoms. The molecule has 0 aliphatic heterocycles. The van der Waals surface area contributed by atoms with Crippen molar-refractivity contribution in [3.63, 3.8) is 0 Å². The minimum Gasteiger partial charge on any atom is -0.398 e. The van der Waals surface area contributed by atoms with E-state index in [1.54, 1.807) is 0 Å². The summed E-state index contributed by atoms with van der Waals surface area (Å²) in [6.07, 6.45) is -7.39. The molecule has 0 aliphatic rings. The van der Waals surface area contributed by atoms with Gasteiger partial charge in [0.25, 0.3) is 0 Å². The highest BCUT2D eigenvalue weighted by Gasteiger charge is 2.33. The molecule has 5 nitrogen and oxygen atoms in total. The maximum atomic E-state index is 12.5. The van der Waals surface area contributed by atoms with E-state index in [4.69, 9.17) is 5.73 Å². The molecule has 0 fully saturated rings. The van der Waals surface area contributed by atoms with Crippen molar-refractivity contribution < 1.29 is 28.2 Å². The number of benzene rings is 1. The Bertz CT molecular complexity index is 491. The van der Waals surface area contributed by atoms with Gasteiger partial charge in [0.1, 0.15) is 12.2 Å². The van der Waals surface area contributed by atoms with Gasteiger partial charge in [0.15, 0.2) is 0 Å². The van der Waals surface area contributed by atoms with Crippen molar-refractivity contribution in [3.05, 3.63) is 29.3 Å². The molecule has 1 amide bonds. The summed E-state index contributed by atoms with van der Waals surface area (Å²) in [5.74, 6) is -0.400. The fourth-order valence-electron chi connectivity index (χ4n) is 1.61. The summed E-state index contributed by atoms with van der Waals surface area (Å²) >= 11 is 0. The van der Waals surface area contributed by atoms with Crippen LogP contribution in [0.2, 0.25) is 0 Å². The van der Waals surface area contributed by atoms with Crippen LogP contribution in [-0.4, -0.2) is 28.8 Å². The minimum atomic E-state index is -4.58. The van der Waals surface area contributed by atoms with E-state index in [2.05, 4.69) is 5.32 Å². The van der Waals surface area contributed by atoms with Crippen molar-refractivity contribution in [3.8, 4) is 0 Å². The molecule has 1 aromatic carbocycles. The number of aliphatic hydroxyl groups excluding tert-OH is 2. The molecule has 2 atom stereocenters. The second-order valence-corrected chi connectivity index (χ2v) is 4.29. The Morgan fingerprint density at radius 1 is 1.40 bits per heavy atom. The van der Waals surface area contributed by atoms with Gasteiger partial charge >= 0.3 is 6.18 Å². The van der Waals surface area contributed by atoms with Gasteiger partial charge in [-0.25, -0.2) is 0 Å². The van der Waals surface area contributed by atoms with E-state index in [1.165, 1.54) is 6.92 Å². The SMILES string of the molecule is CC(=O)NCC(O)C(O)c1ccc(C(F)(F)F)c(N)c1. The first-order chi connectivity index (χ1) is 9.12. The predicted octanol–water partition coefficient (Wildman–Crippen LogP) is 0.818. The number of nitrogens with two attached hydrogens (primary N) is 1. The lowest BCUT2D eigenvalue weighted by molar-refractivity contribution is -0.137. The third-order valence-corrected chi connectivity index (χ3v) is 2.65. The summed E-state index contributed by atoms with van der Waals surface area (Å²) in [4.78, 5) is 10.7. The maximum Gasteiger partial charge on any atom is 0.418 e. The lowest BCUT2D eigenvalue weighted by Gasteiger charge is -2.19. The second-order valence-electron chi connectivity index (χ2n) is 4.29. The molecule has 0 saturated carbocycles. The number of anilines is 1. The molecule has 0 saturated heterocycles. The number of rotatable bonds is 4. The van der Waals surface area contributed by atoms with Crippen LogP contribution in [0.5, 0.6) is 0 Å². The average Bonchev–Trinajstić information content (AvgIpc) is 2.33. The Morgan fingerprint density at radius 2 is 2.00 bits per heavy atom. The first-order valence-corrected chi connectivity index (χ1v) is 5.70. The molecule has 0 spiro atoms. The normalized spacial score (nSPS) is 14.7. The van der Waals surface area contributed by atoms with Crippen molar-refractivity contribution in [2.45, 2.75) is 25.3 Å². The number of halogens is 3. The lowest BCUT2D eigenvalue weighted by Crippen LogP contribution is -2.34. The van der Waals surface area contributed by atoms with Crippen LogP contribution in [0.15, 0.2) is 18.2 Å². The van der Waals surface area contributed by atoms with Crippen LogP contribution in [0.1, 0.15) is 24.2 Å². The Morgan fingerprint density at radius 3 is 2.45 bits per heavy atom. The number of nitrogens with one attached hydrogen (secondary N) is 1. The number of carbonyl (C=O) groups is 1. The molecule has 1 rings (SSSR count). The van der Waals surface area contributed by atoms with Crippen LogP contribution in [0.3, 0.4) is 0 Å². The van der Waals surface area contributed by atoms with Gasteiger partial charge in [0.2, 0.25) is 5.91 Å². The zero-order chi connectivity index (χ0) is 15.5. The number of amides is 1. The monoisotopic (exact) mass is 292 g/mol. The summed E-state index contributed by atoms with van der Waals surface area (Å²) in [5.41, 5.74) is 3.77. The van der Waals surface area contributed by atoms with Crippen molar-refractivity contribution in [2.24, 2.45) is 0 Å². The Labute approximate surface area is 113 Å². The van der Waals surface area contributed by atoms with Crippen molar-refractivity contribution in [1.82, 2.24) is 5.32 Å². The molecule has 0 aliphatic carbocycles. The largest absolute Gasteiger partial charge is 0.418 e. The lowest BCUT2D eigenvalue weighted by atomic mass is 10.0. The highest BCUT2D eigenvalue weighted by atomic mass is 19.4. The molecular formula is C12H15F3N2O3. The van der Waals surface area contributed by atoms with Crippen LogP contribution in [-0.2, 0) is 11.0 Å². The molecule has 2 unspecified atom stereocenters. The van der Waals surface area contributed by atoms with E-state index in [1.807, 2.05) is 0 Å². The number of hydrogen-bond acceptors (Lipinski definition) is 4. The summed E-state index contributed by atoms with van der Waals surface area (Å²) in [6, 6.07) is 2.71. The van der Waals surface area contributed by atoms with Gasteiger partial charge in [-0.05, 0) is 17.7 Å².